The Morgan fingerprint density at radius 1 is 1.09 bits per heavy atom. The van der Waals surface area contributed by atoms with E-state index in [1.54, 1.807) is 0 Å². The minimum Gasteiger partial charge on any atom is -0.478 e. The third-order valence-electron chi connectivity index (χ3n) is 11.5. The molecule has 194 valence electrons. The fourth-order valence-electron chi connectivity index (χ4n) is 9.09. The first-order valence-corrected chi connectivity index (χ1v) is 13.5. The molecule has 0 bridgehead atoms. The SMILES string of the molecule is C/C(=C\[C@@H](O)C[C@@H](C)[C@H]1CC[C@@]2(C)C3=C(CC[C@]12C)[C@@]1(C)CCC(=O)C(C)(C)C1CC3=O)C(=O)O. The van der Waals surface area contributed by atoms with Crippen LogP contribution in [0.15, 0.2) is 22.8 Å². The number of fused-ring (bicyclic) bond motifs is 4. The number of carbonyl (C=O) groups is 3. The summed E-state index contributed by atoms with van der Waals surface area (Å²) in [5.41, 5.74) is 1.78. The van der Waals surface area contributed by atoms with Gasteiger partial charge in [-0.1, -0.05) is 47.1 Å². The highest BCUT2D eigenvalue weighted by Gasteiger charge is 2.65. The van der Waals surface area contributed by atoms with Crippen LogP contribution in [0.1, 0.15) is 99.8 Å². The normalized spacial score (nSPS) is 40.6. The van der Waals surface area contributed by atoms with E-state index in [1.807, 2.05) is 13.8 Å². The second kappa shape index (κ2) is 8.39. The van der Waals surface area contributed by atoms with Crippen molar-refractivity contribution in [1.82, 2.24) is 0 Å². The van der Waals surface area contributed by atoms with Crippen molar-refractivity contribution in [3.8, 4) is 0 Å². The highest BCUT2D eigenvalue weighted by Crippen LogP contribution is 2.71. The molecule has 2 fully saturated rings. The number of aliphatic hydroxyl groups excluding tert-OH is 1. The molecule has 35 heavy (non-hydrogen) atoms. The number of aliphatic hydroxyl groups is 1. The summed E-state index contributed by atoms with van der Waals surface area (Å²) in [5, 5.41) is 19.7. The molecule has 0 aromatic carbocycles. The molecule has 0 radical (unpaired) electrons. The quantitative estimate of drug-likeness (QED) is 0.474. The maximum atomic E-state index is 13.9. The smallest absolute Gasteiger partial charge is 0.331 e. The third kappa shape index (κ3) is 3.70. The first-order valence-electron chi connectivity index (χ1n) is 13.5. The predicted molar refractivity (Wildman–Crippen MR) is 136 cm³/mol. The van der Waals surface area contributed by atoms with Crippen molar-refractivity contribution in [2.45, 2.75) is 106 Å². The Morgan fingerprint density at radius 2 is 1.74 bits per heavy atom. The first kappa shape index (κ1) is 26.3. The van der Waals surface area contributed by atoms with E-state index >= 15 is 0 Å². The third-order valence-corrected chi connectivity index (χ3v) is 11.5. The van der Waals surface area contributed by atoms with E-state index in [4.69, 9.17) is 5.11 Å². The van der Waals surface area contributed by atoms with Gasteiger partial charge >= 0.3 is 5.97 Å². The van der Waals surface area contributed by atoms with Gasteiger partial charge < -0.3 is 10.2 Å². The van der Waals surface area contributed by atoms with Gasteiger partial charge in [0.25, 0.3) is 0 Å². The Morgan fingerprint density at radius 3 is 2.37 bits per heavy atom. The fourth-order valence-corrected chi connectivity index (χ4v) is 9.09. The average molecular weight is 485 g/mol. The molecule has 2 N–H and O–H groups in total. The molecule has 7 atom stereocenters. The second-order valence-electron chi connectivity index (χ2n) is 13.4. The lowest BCUT2D eigenvalue weighted by molar-refractivity contribution is -0.142. The van der Waals surface area contributed by atoms with E-state index in [2.05, 4.69) is 27.7 Å². The average Bonchev–Trinajstić information content (AvgIpc) is 3.04. The number of carbonyl (C=O) groups excluding carboxylic acids is 2. The van der Waals surface area contributed by atoms with Crippen LogP contribution in [0.4, 0.5) is 0 Å². The Hall–Kier alpha value is -1.75. The number of aliphatic carboxylic acids is 1. The van der Waals surface area contributed by atoms with Gasteiger partial charge in [0.1, 0.15) is 5.78 Å². The van der Waals surface area contributed by atoms with Crippen molar-refractivity contribution in [1.29, 1.82) is 0 Å². The number of rotatable bonds is 5. The van der Waals surface area contributed by atoms with Crippen LogP contribution in [0.5, 0.6) is 0 Å². The van der Waals surface area contributed by atoms with Crippen LogP contribution in [0, 0.1) is 39.4 Å². The van der Waals surface area contributed by atoms with Gasteiger partial charge in [-0.3, -0.25) is 9.59 Å². The molecular weight excluding hydrogens is 440 g/mol. The van der Waals surface area contributed by atoms with Crippen LogP contribution in [-0.4, -0.2) is 33.9 Å². The number of allylic oxidation sites excluding steroid dienone is 2. The maximum Gasteiger partial charge on any atom is 0.331 e. The zero-order valence-corrected chi connectivity index (χ0v) is 22.7. The molecule has 5 heteroatoms. The van der Waals surface area contributed by atoms with Crippen LogP contribution in [0.2, 0.25) is 0 Å². The zero-order chi connectivity index (χ0) is 26.1. The molecule has 5 nitrogen and oxygen atoms in total. The lowest BCUT2D eigenvalue weighted by Gasteiger charge is -2.60. The highest BCUT2D eigenvalue weighted by molar-refractivity contribution is 6.00. The Labute approximate surface area is 210 Å². The summed E-state index contributed by atoms with van der Waals surface area (Å²) in [6, 6.07) is 0. The van der Waals surface area contributed by atoms with E-state index in [9.17, 15) is 19.5 Å². The minimum atomic E-state index is -1.00. The van der Waals surface area contributed by atoms with Crippen molar-refractivity contribution in [3.05, 3.63) is 22.8 Å². The molecule has 0 amide bonds. The zero-order valence-electron chi connectivity index (χ0n) is 22.7. The molecule has 0 saturated heterocycles. The van der Waals surface area contributed by atoms with Gasteiger partial charge in [-0.25, -0.2) is 4.79 Å². The monoisotopic (exact) mass is 484 g/mol. The molecule has 0 aliphatic heterocycles. The summed E-state index contributed by atoms with van der Waals surface area (Å²) >= 11 is 0. The van der Waals surface area contributed by atoms with Crippen LogP contribution in [0.25, 0.3) is 0 Å². The molecule has 4 aliphatic carbocycles. The number of hydrogen-bond donors (Lipinski definition) is 2. The van der Waals surface area contributed by atoms with Gasteiger partial charge in [0.15, 0.2) is 5.78 Å². The van der Waals surface area contributed by atoms with Crippen molar-refractivity contribution >= 4 is 17.5 Å². The van der Waals surface area contributed by atoms with E-state index in [1.165, 1.54) is 18.6 Å². The lowest BCUT2D eigenvalue weighted by Crippen LogP contribution is -2.56. The molecule has 0 heterocycles. The Balaban J connectivity index is 1.67. The Bertz CT molecular complexity index is 1020. The Kier molecular flexibility index (Phi) is 6.31. The first-order chi connectivity index (χ1) is 16.1. The minimum absolute atomic E-state index is 0.0462. The van der Waals surface area contributed by atoms with Crippen molar-refractivity contribution in [2.24, 2.45) is 39.4 Å². The van der Waals surface area contributed by atoms with Gasteiger partial charge in [0.05, 0.1) is 6.10 Å². The highest BCUT2D eigenvalue weighted by atomic mass is 16.4. The van der Waals surface area contributed by atoms with Crippen molar-refractivity contribution in [3.63, 3.8) is 0 Å². The predicted octanol–water partition coefficient (Wildman–Crippen LogP) is 5.90. The molecule has 2 saturated carbocycles. The van der Waals surface area contributed by atoms with Crippen LogP contribution in [-0.2, 0) is 14.4 Å². The van der Waals surface area contributed by atoms with E-state index in [0.29, 0.717) is 31.0 Å². The van der Waals surface area contributed by atoms with Crippen molar-refractivity contribution in [2.75, 3.05) is 0 Å². The maximum absolute atomic E-state index is 13.9. The number of carboxylic acid groups (broad SMARTS) is 1. The summed E-state index contributed by atoms with van der Waals surface area (Å²) in [6.45, 7) is 14.8. The summed E-state index contributed by atoms with van der Waals surface area (Å²) < 4.78 is 0. The lowest BCUT2D eigenvalue weighted by atomic mass is 9.43. The summed E-state index contributed by atoms with van der Waals surface area (Å²) in [6.07, 6.45) is 7.01. The van der Waals surface area contributed by atoms with E-state index in [0.717, 1.165) is 37.7 Å². The molecule has 0 spiro atoms. The van der Waals surface area contributed by atoms with Gasteiger partial charge in [-0.05, 0) is 80.1 Å². The van der Waals surface area contributed by atoms with Crippen LogP contribution >= 0.6 is 0 Å². The molecule has 0 aromatic rings. The van der Waals surface area contributed by atoms with Crippen LogP contribution in [0.3, 0.4) is 0 Å². The number of ketones is 2. The van der Waals surface area contributed by atoms with Gasteiger partial charge in [-0.15, -0.1) is 0 Å². The molecule has 1 unspecified atom stereocenters. The number of Topliss-reactive ketones (excluding diaryl/α,β-unsaturated/α-hetero) is 2. The standard InChI is InChI=1S/C30H44O5/c1-17(14-19(31)15-18(2)26(34)35)20-8-13-30(7)25-21(9-12-29(20,30)6)28(5)11-10-24(33)27(3,4)23(28)16-22(25)32/h15,17,19-20,23,31H,8-14,16H2,1-7H3,(H,34,35)/b18-15+/t17-,19+,20-,23?,28-,29-,30+/m1/s1. The van der Waals surface area contributed by atoms with Gasteiger partial charge in [0.2, 0.25) is 0 Å². The number of hydrogen-bond acceptors (Lipinski definition) is 4. The van der Waals surface area contributed by atoms with Gasteiger partial charge in [0, 0.05) is 34.8 Å². The molecule has 4 rings (SSSR count). The van der Waals surface area contributed by atoms with Crippen LogP contribution < -0.4 is 0 Å². The summed E-state index contributed by atoms with van der Waals surface area (Å²) in [5.74, 6) is 0.198. The molecular formula is C30H44O5. The van der Waals surface area contributed by atoms with Crippen molar-refractivity contribution < 1.29 is 24.6 Å². The number of carboxylic acids is 1. The fraction of sp³-hybridized carbons (Fsp3) is 0.767. The second-order valence-corrected chi connectivity index (χ2v) is 13.4. The van der Waals surface area contributed by atoms with E-state index in [-0.39, 0.29) is 39.4 Å². The molecule has 0 aromatic heterocycles. The molecule has 4 aliphatic rings. The largest absolute Gasteiger partial charge is 0.478 e. The summed E-state index contributed by atoms with van der Waals surface area (Å²) in [7, 11) is 0. The summed E-state index contributed by atoms with van der Waals surface area (Å²) in [4.78, 5) is 37.9. The van der Waals surface area contributed by atoms with E-state index < -0.39 is 17.5 Å². The topological polar surface area (TPSA) is 91.7 Å². The van der Waals surface area contributed by atoms with Gasteiger partial charge in [-0.2, -0.15) is 0 Å².